The molecule has 0 radical (unpaired) electrons. The number of hydrogen-bond acceptors (Lipinski definition) is 2. The molecule has 82 valence electrons. The van der Waals surface area contributed by atoms with E-state index >= 15 is 0 Å². The van der Waals surface area contributed by atoms with Gasteiger partial charge in [0.05, 0.1) is 0 Å². The van der Waals surface area contributed by atoms with Crippen molar-refractivity contribution in [2.45, 2.75) is 25.6 Å². The van der Waals surface area contributed by atoms with Crippen LogP contribution >= 0.6 is 0 Å². The second kappa shape index (κ2) is 4.62. The lowest BCUT2D eigenvalue weighted by molar-refractivity contribution is 0.287. The van der Waals surface area contributed by atoms with Crippen molar-refractivity contribution in [3.8, 4) is 0 Å². The van der Waals surface area contributed by atoms with Gasteiger partial charge >= 0.3 is 0 Å². The van der Waals surface area contributed by atoms with Crippen molar-refractivity contribution in [2.24, 2.45) is 5.73 Å². The van der Waals surface area contributed by atoms with Gasteiger partial charge in [-0.05, 0) is 30.5 Å². The molecule has 2 N–H and O–H groups in total. The van der Waals surface area contributed by atoms with Crippen molar-refractivity contribution in [2.75, 3.05) is 18.0 Å². The van der Waals surface area contributed by atoms with E-state index in [9.17, 15) is 4.39 Å². The fourth-order valence-electron chi connectivity index (χ4n) is 2.00. The summed E-state index contributed by atoms with van der Waals surface area (Å²) >= 11 is 0. The molecule has 0 aliphatic carbocycles. The molecular weight excluding hydrogens is 191 g/mol. The summed E-state index contributed by atoms with van der Waals surface area (Å²) in [6.45, 7) is 2.05. The predicted molar refractivity (Wildman–Crippen MR) is 60.7 cm³/mol. The first kappa shape index (κ1) is 10.4. The molecule has 1 aliphatic rings. The van der Waals surface area contributed by atoms with Gasteiger partial charge in [0, 0.05) is 25.3 Å². The summed E-state index contributed by atoms with van der Waals surface area (Å²) in [5, 5.41) is 0. The van der Waals surface area contributed by atoms with Crippen molar-refractivity contribution >= 4 is 5.69 Å². The van der Waals surface area contributed by atoms with Crippen LogP contribution in [0.1, 0.15) is 18.4 Å². The minimum Gasteiger partial charge on any atom is -0.369 e. The number of piperidine rings is 1. The molecule has 1 saturated heterocycles. The Bertz CT molecular complexity index is 310. The van der Waals surface area contributed by atoms with Crippen molar-refractivity contribution in [3.05, 3.63) is 29.8 Å². The minimum absolute atomic E-state index is 0.530. The maximum Gasteiger partial charge on any atom is 0.118 e. The fraction of sp³-hybridized carbons (Fsp3) is 0.500. The van der Waals surface area contributed by atoms with E-state index in [2.05, 4.69) is 4.90 Å². The summed E-state index contributed by atoms with van der Waals surface area (Å²) in [4.78, 5) is 2.11. The first-order valence-electron chi connectivity index (χ1n) is 5.47. The average molecular weight is 208 g/mol. The molecule has 1 aromatic carbocycles. The smallest absolute Gasteiger partial charge is 0.118 e. The van der Waals surface area contributed by atoms with Crippen molar-refractivity contribution in [1.82, 2.24) is 0 Å². The second-order valence-electron chi connectivity index (χ2n) is 4.06. The number of alkyl halides is 1. The second-order valence-corrected chi connectivity index (χ2v) is 4.06. The highest BCUT2D eigenvalue weighted by Gasteiger charge is 2.18. The van der Waals surface area contributed by atoms with Gasteiger partial charge in [0.25, 0.3) is 0 Å². The first-order chi connectivity index (χ1) is 7.29. The lowest BCUT2D eigenvalue weighted by Gasteiger charge is -2.31. The normalized spacial score (nSPS) is 21.7. The Morgan fingerprint density at radius 2 is 2.07 bits per heavy atom. The monoisotopic (exact) mass is 208 g/mol. The summed E-state index contributed by atoms with van der Waals surface area (Å²) in [7, 11) is 0. The third kappa shape index (κ3) is 2.48. The molecule has 1 aliphatic heterocycles. The average Bonchev–Trinajstić information content (AvgIpc) is 2.29. The highest BCUT2D eigenvalue weighted by atomic mass is 19.1. The van der Waals surface area contributed by atoms with Crippen LogP contribution < -0.4 is 10.6 Å². The molecule has 0 amide bonds. The Morgan fingerprint density at radius 1 is 1.33 bits per heavy atom. The van der Waals surface area contributed by atoms with Crippen LogP contribution in [0.15, 0.2) is 24.3 Å². The number of benzene rings is 1. The summed E-state index contributed by atoms with van der Waals surface area (Å²) < 4.78 is 13.2. The highest BCUT2D eigenvalue weighted by Crippen LogP contribution is 2.21. The van der Waals surface area contributed by atoms with Crippen molar-refractivity contribution in [1.29, 1.82) is 0 Å². The van der Waals surface area contributed by atoms with Gasteiger partial charge in [-0.1, -0.05) is 12.1 Å². The van der Waals surface area contributed by atoms with Crippen molar-refractivity contribution in [3.63, 3.8) is 0 Å². The molecule has 0 aromatic heterocycles. The topological polar surface area (TPSA) is 29.3 Å². The Balaban J connectivity index is 2.07. The van der Waals surface area contributed by atoms with Crippen LogP contribution in [0, 0.1) is 0 Å². The number of anilines is 1. The molecule has 1 heterocycles. The van der Waals surface area contributed by atoms with Gasteiger partial charge in [-0.2, -0.15) is 0 Å². The van der Waals surface area contributed by atoms with Crippen LogP contribution in [0.5, 0.6) is 0 Å². The van der Waals surface area contributed by atoms with Crippen LogP contribution in [0.3, 0.4) is 0 Å². The lowest BCUT2D eigenvalue weighted by atomic mass is 10.1. The maximum absolute atomic E-state index is 13.2. The number of nitrogens with two attached hydrogens (primary N) is 1. The molecule has 0 spiro atoms. The van der Waals surface area contributed by atoms with Crippen LogP contribution in [-0.2, 0) is 6.54 Å². The molecule has 15 heavy (non-hydrogen) atoms. The summed E-state index contributed by atoms with van der Waals surface area (Å²) in [5.74, 6) is 0. The Labute approximate surface area is 89.9 Å². The standard InChI is InChI=1S/C12H17FN2/c13-11-2-1-7-15(9-11)12-5-3-10(8-14)4-6-12/h3-6,11H,1-2,7-9,14H2. The molecular formula is C12H17FN2. The summed E-state index contributed by atoms with van der Waals surface area (Å²) in [6, 6.07) is 8.08. The minimum atomic E-state index is -0.673. The fourth-order valence-corrected chi connectivity index (χ4v) is 2.00. The maximum atomic E-state index is 13.2. The van der Waals surface area contributed by atoms with E-state index in [0.29, 0.717) is 19.5 Å². The molecule has 0 bridgehead atoms. The molecule has 1 unspecified atom stereocenters. The summed E-state index contributed by atoms with van der Waals surface area (Å²) in [6.07, 6.45) is 0.977. The highest BCUT2D eigenvalue weighted by molar-refractivity contribution is 5.48. The number of hydrogen-bond donors (Lipinski definition) is 1. The van der Waals surface area contributed by atoms with Crippen LogP contribution in [0.4, 0.5) is 10.1 Å². The Hall–Kier alpha value is -1.09. The van der Waals surface area contributed by atoms with E-state index in [1.165, 1.54) is 0 Å². The zero-order valence-corrected chi connectivity index (χ0v) is 8.82. The van der Waals surface area contributed by atoms with E-state index in [1.54, 1.807) is 0 Å². The number of rotatable bonds is 2. The number of nitrogens with zero attached hydrogens (tertiary/aromatic N) is 1. The van der Waals surface area contributed by atoms with Gasteiger partial charge < -0.3 is 10.6 Å². The lowest BCUT2D eigenvalue weighted by Crippen LogP contribution is -2.36. The third-order valence-electron chi connectivity index (χ3n) is 2.90. The SMILES string of the molecule is NCc1ccc(N2CCCC(F)C2)cc1. The molecule has 1 fully saturated rings. The van der Waals surface area contributed by atoms with E-state index in [0.717, 1.165) is 24.2 Å². The zero-order valence-electron chi connectivity index (χ0n) is 8.82. The van der Waals surface area contributed by atoms with Gasteiger partial charge in [0.1, 0.15) is 6.17 Å². The third-order valence-corrected chi connectivity index (χ3v) is 2.90. The Kier molecular flexibility index (Phi) is 3.21. The van der Waals surface area contributed by atoms with Gasteiger partial charge in [-0.3, -0.25) is 0 Å². The van der Waals surface area contributed by atoms with E-state index < -0.39 is 6.17 Å². The van der Waals surface area contributed by atoms with E-state index in [-0.39, 0.29) is 0 Å². The first-order valence-corrected chi connectivity index (χ1v) is 5.47. The molecule has 0 saturated carbocycles. The van der Waals surface area contributed by atoms with Crippen molar-refractivity contribution < 1.29 is 4.39 Å². The summed E-state index contributed by atoms with van der Waals surface area (Å²) in [5.41, 5.74) is 7.75. The van der Waals surface area contributed by atoms with E-state index in [1.807, 2.05) is 24.3 Å². The molecule has 2 nitrogen and oxygen atoms in total. The Morgan fingerprint density at radius 3 is 2.67 bits per heavy atom. The number of halogens is 1. The van der Waals surface area contributed by atoms with Gasteiger partial charge in [-0.25, -0.2) is 4.39 Å². The molecule has 1 atom stereocenters. The predicted octanol–water partition coefficient (Wildman–Crippen LogP) is 2.08. The van der Waals surface area contributed by atoms with Crippen LogP contribution in [0.25, 0.3) is 0 Å². The van der Waals surface area contributed by atoms with Crippen LogP contribution in [-0.4, -0.2) is 19.3 Å². The zero-order chi connectivity index (χ0) is 10.7. The molecule has 1 aromatic rings. The largest absolute Gasteiger partial charge is 0.369 e. The molecule has 2 rings (SSSR count). The van der Waals surface area contributed by atoms with Crippen LogP contribution in [0.2, 0.25) is 0 Å². The van der Waals surface area contributed by atoms with E-state index in [4.69, 9.17) is 5.73 Å². The van der Waals surface area contributed by atoms with Gasteiger partial charge in [0.2, 0.25) is 0 Å². The van der Waals surface area contributed by atoms with Gasteiger partial charge in [-0.15, -0.1) is 0 Å². The molecule has 3 heteroatoms. The van der Waals surface area contributed by atoms with Gasteiger partial charge in [0.15, 0.2) is 0 Å². The quantitative estimate of drug-likeness (QED) is 0.806.